The van der Waals surface area contributed by atoms with Crippen molar-refractivity contribution in [1.29, 1.82) is 0 Å². The molecule has 5 nitrogen and oxygen atoms in total. The fourth-order valence-corrected chi connectivity index (χ4v) is 3.67. The molecular formula is C15H13Cl2NO4. The molecule has 3 rings (SSSR count). The number of carbonyl (C=O) groups excluding carboxylic acids is 2. The third kappa shape index (κ3) is 2.29. The summed E-state index contributed by atoms with van der Waals surface area (Å²) in [5.41, 5.74) is -0.160. The minimum Gasteiger partial charge on any atom is -0.455 e. The van der Waals surface area contributed by atoms with Gasteiger partial charge in [-0.15, -0.1) is 0 Å². The number of hydrogen-bond acceptors (Lipinski definition) is 5. The largest absolute Gasteiger partial charge is 0.455 e. The van der Waals surface area contributed by atoms with Gasteiger partial charge in [0, 0.05) is 12.5 Å². The number of nitrogens with zero attached hydrogens (tertiary/aromatic N) is 1. The predicted molar refractivity (Wildman–Crippen MR) is 81.2 cm³/mol. The molecule has 3 atom stereocenters. The number of fused-ring (bicyclic) bond motifs is 1. The highest BCUT2D eigenvalue weighted by atomic mass is 35.5. The smallest absolute Gasteiger partial charge is 0.303 e. The van der Waals surface area contributed by atoms with Crippen molar-refractivity contribution >= 4 is 40.7 Å². The van der Waals surface area contributed by atoms with Crippen molar-refractivity contribution in [3.05, 3.63) is 33.8 Å². The molecule has 0 aromatic heterocycles. The van der Waals surface area contributed by atoms with Crippen LogP contribution in [0.3, 0.4) is 0 Å². The van der Waals surface area contributed by atoms with Crippen LogP contribution >= 0.6 is 23.2 Å². The van der Waals surface area contributed by atoms with Crippen LogP contribution in [0, 0.1) is 5.92 Å². The Hall–Kier alpha value is -1.59. The van der Waals surface area contributed by atoms with Gasteiger partial charge in [-0.05, 0) is 19.1 Å². The molecule has 1 fully saturated rings. The number of Topliss-reactive ketones (excluding diaryl/α,β-unsaturated/α-hetero) is 1. The van der Waals surface area contributed by atoms with Gasteiger partial charge < -0.3 is 9.57 Å². The molecule has 0 spiro atoms. The Labute approximate surface area is 137 Å². The number of hydrogen-bond donors (Lipinski definition) is 0. The number of oxime groups is 1. The lowest BCUT2D eigenvalue weighted by atomic mass is 9.91. The van der Waals surface area contributed by atoms with E-state index in [1.54, 1.807) is 25.1 Å². The van der Waals surface area contributed by atoms with E-state index in [-0.39, 0.29) is 12.2 Å². The highest BCUT2D eigenvalue weighted by molar-refractivity contribution is 6.41. The molecule has 1 aliphatic heterocycles. The van der Waals surface area contributed by atoms with Crippen LogP contribution in [-0.2, 0) is 19.2 Å². The van der Waals surface area contributed by atoms with Crippen LogP contribution < -0.4 is 0 Å². The van der Waals surface area contributed by atoms with Crippen LogP contribution in [0.1, 0.15) is 25.8 Å². The fraction of sp³-hybridized carbons (Fsp3) is 0.400. The van der Waals surface area contributed by atoms with E-state index in [2.05, 4.69) is 5.16 Å². The Morgan fingerprint density at radius 3 is 2.64 bits per heavy atom. The number of halogens is 2. The fourth-order valence-electron chi connectivity index (χ4n) is 3.08. The van der Waals surface area contributed by atoms with Gasteiger partial charge in [-0.2, -0.15) is 0 Å². The monoisotopic (exact) mass is 341 g/mol. The van der Waals surface area contributed by atoms with Crippen molar-refractivity contribution in [2.75, 3.05) is 0 Å². The topological polar surface area (TPSA) is 65.0 Å². The average Bonchev–Trinajstić information content (AvgIpc) is 2.91. The minimum atomic E-state index is -1.04. The second-order valence-electron chi connectivity index (χ2n) is 5.63. The molecule has 1 saturated carbocycles. The van der Waals surface area contributed by atoms with Crippen molar-refractivity contribution in [1.82, 2.24) is 0 Å². The summed E-state index contributed by atoms with van der Waals surface area (Å²) in [5.74, 6) is -1.22. The molecule has 2 aliphatic rings. The first-order chi connectivity index (χ1) is 10.3. The van der Waals surface area contributed by atoms with Gasteiger partial charge in [-0.3, -0.25) is 9.59 Å². The average molecular weight is 342 g/mol. The molecule has 1 aromatic rings. The Kier molecular flexibility index (Phi) is 3.65. The summed E-state index contributed by atoms with van der Waals surface area (Å²) in [4.78, 5) is 29.1. The van der Waals surface area contributed by atoms with Crippen LogP contribution in [0.25, 0.3) is 0 Å². The zero-order valence-electron chi connectivity index (χ0n) is 11.9. The van der Waals surface area contributed by atoms with E-state index in [1.807, 2.05) is 0 Å². The Morgan fingerprint density at radius 2 is 2.05 bits per heavy atom. The van der Waals surface area contributed by atoms with E-state index in [4.69, 9.17) is 32.8 Å². The van der Waals surface area contributed by atoms with Gasteiger partial charge in [0.2, 0.25) is 0 Å². The minimum absolute atomic E-state index is 0.0724. The summed E-state index contributed by atoms with van der Waals surface area (Å²) in [6.45, 7) is 2.97. The lowest BCUT2D eigenvalue weighted by Gasteiger charge is -2.27. The van der Waals surface area contributed by atoms with Gasteiger partial charge in [0.15, 0.2) is 11.7 Å². The number of rotatable bonds is 2. The van der Waals surface area contributed by atoms with Crippen LogP contribution in [0.4, 0.5) is 0 Å². The quantitative estimate of drug-likeness (QED) is 0.775. The maximum absolute atomic E-state index is 12.4. The molecule has 0 amide bonds. The van der Waals surface area contributed by atoms with Crippen molar-refractivity contribution in [3.8, 4) is 0 Å². The summed E-state index contributed by atoms with van der Waals surface area (Å²) >= 11 is 12.4. The molecule has 0 bridgehead atoms. The molecule has 7 heteroatoms. The Balaban J connectivity index is 2.00. The zero-order chi connectivity index (χ0) is 16.1. The number of carbonyl (C=O) groups is 2. The third-order valence-corrected chi connectivity index (χ3v) is 4.56. The molecule has 1 aromatic carbocycles. The van der Waals surface area contributed by atoms with Crippen LogP contribution in [0.5, 0.6) is 0 Å². The normalized spacial score (nSPS) is 29.8. The van der Waals surface area contributed by atoms with Crippen LogP contribution in [0.15, 0.2) is 23.4 Å². The first-order valence-electron chi connectivity index (χ1n) is 6.74. The van der Waals surface area contributed by atoms with E-state index >= 15 is 0 Å². The number of benzene rings is 1. The lowest BCUT2D eigenvalue weighted by molar-refractivity contribution is -0.168. The molecule has 116 valence electrons. The highest BCUT2D eigenvalue weighted by Gasteiger charge is 2.60. The van der Waals surface area contributed by atoms with Crippen molar-refractivity contribution in [3.63, 3.8) is 0 Å². The van der Waals surface area contributed by atoms with E-state index < -0.39 is 23.6 Å². The molecule has 1 aliphatic carbocycles. The number of ether oxygens (including phenoxy) is 1. The summed E-state index contributed by atoms with van der Waals surface area (Å²) in [6, 6.07) is 5.05. The molecular weight excluding hydrogens is 329 g/mol. The Morgan fingerprint density at radius 1 is 1.41 bits per heavy atom. The Bertz CT molecular complexity index is 683. The van der Waals surface area contributed by atoms with Crippen molar-refractivity contribution in [2.24, 2.45) is 11.1 Å². The molecule has 22 heavy (non-hydrogen) atoms. The van der Waals surface area contributed by atoms with E-state index in [0.29, 0.717) is 21.3 Å². The van der Waals surface area contributed by atoms with Gasteiger partial charge in [-0.25, -0.2) is 0 Å². The summed E-state index contributed by atoms with van der Waals surface area (Å²) in [5, 5.41) is 4.79. The predicted octanol–water partition coefficient (Wildman–Crippen LogP) is 3.01. The molecule has 1 heterocycles. The van der Waals surface area contributed by atoms with Gasteiger partial charge >= 0.3 is 5.97 Å². The van der Waals surface area contributed by atoms with Crippen LogP contribution in [-0.4, -0.2) is 29.2 Å². The first-order valence-corrected chi connectivity index (χ1v) is 7.49. The first kappa shape index (κ1) is 15.3. The van der Waals surface area contributed by atoms with Crippen molar-refractivity contribution in [2.45, 2.75) is 32.0 Å². The van der Waals surface area contributed by atoms with Gasteiger partial charge in [-0.1, -0.05) is 34.4 Å². The van der Waals surface area contributed by atoms with Crippen molar-refractivity contribution < 1.29 is 19.2 Å². The summed E-state index contributed by atoms with van der Waals surface area (Å²) in [7, 11) is 0. The van der Waals surface area contributed by atoms with E-state index in [1.165, 1.54) is 6.92 Å². The SMILES string of the molecule is CC(=O)O[C@]1(C)CC(=O)[C@H]2C(c3c(Cl)cccc3Cl)=NO[C@H]21. The second kappa shape index (κ2) is 5.25. The summed E-state index contributed by atoms with van der Waals surface area (Å²) < 4.78 is 5.30. The lowest BCUT2D eigenvalue weighted by Crippen LogP contribution is -2.41. The second-order valence-corrected chi connectivity index (χ2v) is 6.44. The maximum atomic E-state index is 12.4. The maximum Gasteiger partial charge on any atom is 0.303 e. The highest BCUT2D eigenvalue weighted by Crippen LogP contribution is 2.44. The van der Waals surface area contributed by atoms with E-state index in [0.717, 1.165) is 0 Å². The number of ketones is 1. The zero-order valence-corrected chi connectivity index (χ0v) is 13.4. The standard InChI is InChI=1S/C15H13Cl2NO4/c1-7(19)21-15(2)6-10(20)12-13(18-22-14(12)15)11-8(16)4-3-5-9(11)17/h3-5,12,14H,6H2,1-2H3/t12-,14+,15+/m0/s1. The summed E-state index contributed by atoms with van der Waals surface area (Å²) in [6.07, 6.45) is -0.588. The van der Waals surface area contributed by atoms with Gasteiger partial charge in [0.1, 0.15) is 17.4 Å². The van der Waals surface area contributed by atoms with Crippen LogP contribution in [0.2, 0.25) is 10.0 Å². The third-order valence-electron chi connectivity index (χ3n) is 3.93. The molecule has 0 radical (unpaired) electrons. The molecule has 0 saturated heterocycles. The van der Waals surface area contributed by atoms with Gasteiger partial charge in [0.25, 0.3) is 0 Å². The molecule has 0 N–H and O–H groups in total. The number of esters is 1. The van der Waals surface area contributed by atoms with E-state index in [9.17, 15) is 9.59 Å². The molecule has 0 unspecified atom stereocenters. The van der Waals surface area contributed by atoms with Gasteiger partial charge in [0.05, 0.1) is 16.5 Å².